The average Bonchev–Trinajstić information content (AvgIpc) is 3.42. The molecule has 0 aliphatic rings. The van der Waals surface area contributed by atoms with Gasteiger partial charge in [-0.2, -0.15) is 0 Å². The standard InChI is InChI=1S/C26H28N2S2/c1-3-5-11-19-17-23(29-25(19)21-13-7-9-15-27-21)24-18-20(12-6-4-2)26(30-24)22-14-8-10-16-28-22/h7-10,13-18H,3-6,11-12H2,1-2H3. The van der Waals surface area contributed by atoms with E-state index < -0.39 is 0 Å². The van der Waals surface area contributed by atoms with E-state index in [0.717, 1.165) is 24.2 Å². The topological polar surface area (TPSA) is 25.8 Å². The van der Waals surface area contributed by atoms with E-state index in [2.05, 4.69) is 60.2 Å². The molecule has 0 spiro atoms. The van der Waals surface area contributed by atoms with Crippen molar-refractivity contribution in [2.24, 2.45) is 0 Å². The highest BCUT2D eigenvalue weighted by molar-refractivity contribution is 7.25. The number of rotatable bonds is 9. The predicted octanol–water partition coefficient (Wildman–Crippen LogP) is 8.29. The third-order valence-corrected chi connectivity index (χ3v) is 7.85. The van der Waals surface area contributed by atoms with Gasteiger partial charge in [0.25, 0.3) is 0 Å². The van der Waals surface area contributed by atoms with E-state index in [1.807, 2.05) is 47.2 Å². The first-order valence-corrected chi connectivity index (χ1v) is 12.5. The smallest absolute Gasteiger partial charge is 0.0804 e. The Labute approximate surface area is 187 Å². The Kier molecular flexibility index (Phi) is 7.08. The van der Waals surface area contributed by atoms with E-state index in [4.69, 9.17) is 0 Å². The van der Waals surface area contributed by atoms with Crippen LogP contribution >= 0.6 is 22.7 Å². The van der Waals surface area contributed by atoms with Gasteiger partial charge in [0.15, 0.2) is 0 Å². The summed E-state index contributed by atoms with van der Waals surface area (Å²) in [7, 11) is 0. The molecule has 4 aromatic heterocycles. The number of hydrogen-bond donors (Lipinski definition) is 0. The molecule has 4 heteroatoms. The van der Waals surface area contributed by atoms with Crippen molar-refractivity contribution in [2.75, 3.05) is 0 Å². The summed E-state index contributed by atoms with van der Waals surface area (Å²) in [4.78, 5) is 14.6. The van der Waals surface area contributed by atoms with Gasteiger partial charge in [0.2, 0.25) is 0 Å². The summed E-state index contributed by atoms with van der Waals surface area (Å²) in [5, 5.41) is 0. The zero-order chi connectivity index (χ0) is 20.8. The first-order valence-electron chi connectivity index (χ1n) is 10.9. The van der Waals surface area contributed by atoms with Gasteiger partial charge in [-0.25, -0.2) is 0 Å². The number of nitrogens with zero attached hydrogens (tertiary/aromatic N) is 2. The summed E-state index contributed by atoms with van der Waals surface area (Å²) in [6, 6.07) is 17.2. The van der Waals surface area contributed by atoms with Gasteiger partial charge < -0.3 is 0 Å². The van der Waals surface area contributed by atoms with Gasteiger partial charge in [0.1, 0.15) is 0 Å². The molecule has 0 aromatic carbocycles. The minimum atomic E-state index is 1.09. The van der Waals surface area contributed by atoms with Gasteiger partial charge in [0.05, 0.1) is 21.1 Å². The first-order chi connectivity index (χ1) is 14.8. The number of pyridine rings is 2. The Morgan fingerprint density at radius 3 is 1.50 bits per heavy atom. The number of aryl methyl sites for hydroxylation is 2. The number of thiophene rings is 2. The summed E-state index contributed by atoms with van der Waals surface area (Å²) >= 11 is 3.77. The number of unbranched alkanes of at least 4 members (excludes halogenated alkanes) is 2. The molecule has 0 fully saturated rings. The molecule has 154 valence electrons. The van der Waals surface area contributed by atoms with Crippen LogP contribution in [0.1, 0.15) is 50.7 Å². The van der Waals surface area contributed by atoms with Gasteiger partial charge in [-0.1, -0.05) is 38.8 Å². The van der Waals surface area contributed by atoms with E-state index in [-0.39, 0.29) is 0 Å². The molecular weight excluding hydrogens is 404 g/mol. The molecular formula is C26H28N2S2. The Bertz CT molecular complexity index is 977. The molecule has 0 aliphatic heterocycles. The molecule has 0 saturated heterocycles. The van der Waals surface area contributed by atoms with Crippen LogP contribution in [-0.2, 0) is 12.8 Å². The lowest BCUT2D eigenvalue weighted by Crippen LogP contribution is -1.86. The van der Waals surface area contributed by atoms with Crippen LogP contribution < -0.4 is 0 Å². The maximum absolute atomic E-state index is 4.64. The van der Waals surface area contributed by atoms with Gasteiger partial charge in [-0.3, -0.25) is 9.97 Å². The molecule has 0 saturated carbocycles. The molecule has 0 radical (unpaired) electrons. The zero-order valence-electron chi connectivity index (χ0n) is 17.7. The maximum Gasteiger partial charge on any atom is 0.0804 e. The SMILES string of the molecule is CCCCc1cc(-c2cc(CCCC)c(-c3ccccn3)s2)sc1-c1ccccn1. The molecule has 2 nitrogen and oxygen atoms in total. The van der Waals surface area contributed by atoms with Crippen LogP contribution in [-0.4, -0.2) is 9.97 Å². The molecule has 0 bridgehead atoms. The lowest BCUT2D eigenvalue weighted by atomic mass is 10.1. The Morgan fingerprint density at radius 2 is 1.13 bits per heavy atom. The van der Waals surface area contributed by atoms with E-state index in [9.17, 15) is 0 Å². The van der Waals surface area contributed by atoms with Crippen molar-refractivity contribution in [1.29, 1.82) is 0 Å². The molecule has 0 N–H and O–H groups in total. The molecule has 4 heterocycles. The van der Waals surface area contributed by atoms with Crippen LogP contribution in [0, 0.1) is 0 Å². The fourth-order valence-electron chi connectivity index (χ4n) is 3.63. The maximum atomic E-state index is 4.64. The minimum Gasteiger partial charge on any atom is -0.255 e. The van der Waals surface area contributed by atoms with Gasteiger partial charge in [-0.15, -0.1) is 22.7 Å². The van der Waals surface area contributed by atoms with Crippen LogP contribution in [0.25, 0.3) is 30.9 Å². The quantitative estimate of drug-likeness (QED) is 0.266. The third-order valence-electron chi connectivity index (χ3n) is 5.26. The summed E-state index contributed by atoms with van der Waals surface area (Å²) in [6.07, 6.45) is 10.8. The van der Waals surface area contributed by atoms with Gasteiger partial charge >= 0.3 is 0 Å². The van der Waals surface area contributed by atoms with Crippen LogP contribution in [0.15, 0.2) is 60.9 Å². The van der Waals surface area contributed by atoms with Crippen LogP contribution in [0.5, 0.6) is 0 Å². The number of aromatic nitrogens is 2. The zero-order valence-corrected chi connectivity index (χ0v) is 19.4. The number of hydrogen-bond acceptors (Lipinski definition) is 4. The summed E-state index contributed by atoms with van der Waals surface area (Å²) in [6.45, 7) is 4.51. The van der Waals surface area contributed by atoms with Crippen molar-refractivity contribution >= 4 is 22.7 Å². The molecule has 0 unspecified atom stereocenters. The average molecular weight is 433 g/mol. The highest BCUT2D eigenvalue weighted by Crippen LogP contribution is 2.44. The largest absolute Gasteiger partial charge is 0.255 e. The lowest BCUT2D eigenvalue weighted by Gasteiger charge is -2.01. The molecule has 0 atom stereocenters. The van der Waals surface area contributed by atoms with Crippen molar-refractivity contribution in [1.82, 2.24) is 9.97 Å². The van der Waals surface area contributed by atoms with Gasteiger partial charge in [-0.05, 0) is 73.2 Å². The lowest BCUT2D eigenvalue weighted by molar-refractivity contribution is 0.797. The van der Waals surface area contributed by atoms with E-state index >= 15 is 0 Å². The van der Waals surface area contributed by atoms with Crippen LogP contribution in [0.4, 0.5) is 0 Å². The normalized spacial score (nSPS) is 11.1. The Hall–Kier alpha value is -2.30. The van der Waals surface area contributed by atoms with E-state index in [0.29, 0.717) is 0 Å². The van der Waals surface area contributed by atoms with Crippen molar-refractivity contribution in [3.05, 3.63) is 72.1 Å². The molecule has 0 amide bonds. The van der Waals surface area contributed by atoms with E-state index in [1.54, 1.807) is 0 Å². The highest BCUT2D eigenvalue weighted by atomic mass is 32.1. The Morgan fingerprint density at radius 1 is 0.667 bits per heavy atom. The summed E-state index contributed by atoms with van der Waals surface area (Å²) < 4.78 is 0. The predicted molar refractivity (Wildman–Crippen MR) is 131 cm³/mol. The fraction of sp³-hybridized carbons (Fsp3) is 0.308. The molecule has 30 heavy (non-hydrogen) atoms. The second-order valence-electron chi connectivity index (χ2n) is 7.57. The summed E-state index contributed by atoms with van der Waals surface area (Å²) in [5.74, 6) is 0. The monoisotopic (exact) mass is 432 g/mol. The van der Waals surface area contributed by atoms with E-state index in [1.165, 1.54) is 56.3 Å². The van der Waals surface area contributed by atoms with Gasteiger partial charge in [0, 0.05) is 22.1 Å². The molecule has 0 aliphatic carbocycles. The molecule has 4 aromatic rings. The van der Waals surface area contributed by atoms with Crippen LogP contribution in [0.3, 0.4) is 0 Å². The second kappa shape index (κ2) is 10.1. The summed E-state index contributed by atoms with van der Waals surface area (Å²) in [5.41, 5.74) is 5.04. The minimum absolute atomic E-state index is 1.09. The van der Waals surface area contributed by atoms with Crippen molar-refractivity contribution in [2.45, 2.75) is 52.4 Å². The van der Waals surface area contributed by atoms with Crippen LogP contribution in [0.2, 0.25) is 0 Å². The van der Waals surface area contributed by atoms with Crippen molar-refractivity contribution < 1.29 is 0 Å². The fourth-order valence-corrected chi connectivity index (χ4v) is 6.08. The van der Waals surface area contributed by atoms with Crippen molar-refractivity contribution in [3.63, 3.8) is 0 Å². The highest BCUT2D eigenvalue weighted by Gasteiger charge is 2.18. The molecule has 4 rings (SSSR count). The van der Waals surface area contributed by atoms with Crippen molar-refractivity contribution in [3.8, 4) is 30.9 Å². The Balaban J connectivity index is 1.76. The third kappa shape index (κ3) is 4.71. The first kappa shape index (κ1) is 21.0. The second-order valence-corrected chi connectivity index (χ2v) is 9.67.